The van der Waals surface area contributed by atoms with Gasteiger partial charge in [-0.1, -0.05) is 11.6 Å². The summed E-state index contributed by atoms with van der Waals surface area (Å²) >= 11 is 6.23. The molecule has 3 aliphatic heterocycles. The van der Waals surface area contributed by atoms with Gasteiger partial charge in [-0.15, -0.1) is 0 Å². The second kappa shape index (κ2) is 9.37. The number of esters is 1. The van der Waals surface area contributed by atoms with Crippen LogP contribution >= 0.6 is 11.6 Å². The van der Waals surface area contributed by atoms with Gasteiger partial charge >= 0.3 is 5.97 Å². The first-order chi connectivity index (χ1) is 17.2. The molecule has 3 aliphatic rings. The topological polar surface area (TPSA) is 87.9 Å². The summed E-state index contributed by atoms with van der Waals surface area (Å²) in [4.78, 5) is 22.3. The maximum Gasteiger partial charge on any atom is 0.306 e. The molecule has 0 spiro atoms. The van der Waals surface area contributed by atoms with Gasteiger partial charge in [0, 0.05) is 31.6 Å². The summed E-state index contributed by atoms with van der Waals surface area (Å²) in [5.41, 5.74) is -0.0386. The monoisotopic (exact) mass is 542 g/mol. The summed E-state index contributed by atoms with van der Waals surface area (Å²) < 4.78 is 55.1. The number of ether oxygens (including phenoxy) is 4. The van der Waals surface area contributed by atoms with Crippen molar-refractivity contribution in [2.75, 3.05) is 13.1 Å². The van der Waals surface area contributed by atoms with Gasteiger partial charge in [0.2, 0.25) is 0 Å². The smallest absolute Gasteiger partial charge is 0.306 e. The molecular weight excluding hydrogens is 510 g/mol. The molecular formula is C25H33ClF2N4O5. The lowest BCUT2D eigenvalue weighted by atomic mass is 10.1. The molecule has 0 aromatic carbocycles. The lowest BCUT2D eigenvalue weighted by Gasteiger charge is -2.30. The van der Waals surface area contributed by atoms with E-state index in [4.69, 9.17) is 30.5 Å². The van der Waals surface area contributed by atoms with Gasteiger partial charge in [-0.25, -0.2) is 18.7 Å². The number of hydrogen-bond donors (Lipinski definition) is 0. The predicted octanol–water partition coefficient (Wildman–Crippen LogP) is 4.33. The molecule has 9 nitrogen and oxygen atoms in total. The Morgan fingerprint density at radius 1 is 1.24 bits per heavy atom. The van der Waals surface area contributed by atoms with Gasteiger partial charge in [0.05, 0.1) is 11.9 Å². The summed E-state index contributed by atoms with van der Waals surface area (Å²) in [6, 6.07) is 1.32. The first kappa shape index (κ1) is 26.7. The highest BCUT2D eigenvalue weighted by molar-refractivity contribution is 6.33. The molecule has 204 valence electrons. The third-order valence-corrected chi connectivity index (χ3v) is 7.16. The minimum Gasteiger partial charge on any atom is -0.460 e. The number of fused-ring (bicyclic) bond motifs is 2. The van der Waals surface area contributed by atoms with Crippen molar-refractivity contribution in [2.45, 2.75) is 102 Å². The Hall–Kier alpha value is -1.92. The van der Waals surface area contributed by atoms with Crippen LogP contribution in [0.1, 0.15) is 60.1 Å². The molecule has 0 unspecified atom stereocenters. The highest BCUT2D eigenvalue weighted by atomic mass is 35.5. The normalized spacial score (nSPS) is 31.2. The zero-order valence-electron chi connectivity index (χ0n) is 21.6. The van der Waals surface area contributed by atoms with Crippen LogP contribution in [0.3, 0.4) is 0 Å². The first-order valence-corrected chi connectivity index (χ1v) is 12.9. The Kier molecular flexibility index (Phi) is 6.76. The fourth-order valence-electron chi connectivity index (χ4n) is 5.55. The zero-order valence-corrected chi connectivity index (χ0v) is 22.4. The first-order valence-electron chi connectivity index (χ1n) is 12.5. The maximum absolute atomic E-state index is 14.5. The van der Waals surface area contributed by atoms with Crippen molar-refractivity contribution in [3.05, 3.63) is 23.7 Å². The molecule has 0 radical (unpaired) electrons. The molecule has 5 heterocycles. The maximum atomic E-state index is 14.5. The summed E-state index contributed by atoms with van der Waals surface area (Å²) in [5, 5.41) is 0.998. The molecule has 2 aromatic rings. The molecule has 0 saturated carbocycles. The average molecular weight is 543 g/mol. The molecule has 3 fully saturated rings. The van der Waals surface area contributed by atoms with E-state index in [9.17, 15) is 13.6 Å². The fraction of sp³-hybridized carbons (Fsp3) is 0.720. The molecule has 0 amide bonds. The molecule has 0 bridgehead atoms. The van der Waals surface area contributed by atoms with Crippen LogP contribution in [-0.2, 0) is 23.7 Å². The lowest BCUT2D eigenvalue weighted by molar-refractivity contribution is -0.198. The number of carbonyl (C=O) groups is 1. The number of alkyl halides is 2. The van der Waals surface area contributed by atoms with Gasteiger partial charge in [-0.05, 0) is 47.1 Å². The van der Waals surface area contributed by atoms with Crippen LogP contribution in [0.25, 0.3) is 11.0 Å². The van der Waals surface area contributed by atoms with Crippen LogP contribution in [0.15, 0.2) is 18.6 Å². The van der Waals surface area contributed by atoms with E-state index < -0.39 is 60.4 Å². The van der Waals surface area contributed by atoms with Gasteiger partial charge in [-0.3, -0.25) is 9.69 Å². The quantitative estimate of drug-likeness (QED) is 0.394. The number of likely N-dealkylation sites (tertiary alicyclic amines) is 1. The van der Waals surface area contributed by atoms with Crippen molar-refractivity contribution >= 4 is 28.6 Å². The van der Waals surface area contributed by atoms with Crippen molar-refractivity contribution in [1.29, 1.82) is 0 Å². The van der Waals surface area contributed by atoms with Crippen molar-refractivity contribution < 1.29 is 32.5 Å². The standard InChI is InChI=1S/C25H33ClF2N4O5/c1-23(2,3)35-17(33)7-6-14-10-25(27,28)12-31(14)11-16-18-19(37-24(4,5)36-18)22(34-16)32-9-8-15-20(26)29-13-30-21(15)32/h8-9,13-14,16,18-19,22H,6-7,10-12H2,1-5H3/t14-,16-,18-,19-,22-/m1/s1. The number of nitrogens with zero attached hydrogens (tertiary/aromatic N) is 4. The second-order valence-corrected chi connectivity index (χ2v) is 11.9. The Balaban J connectivity index is 1.34. The molecule has 0 aliphatic carbocycles. The third-order valence-electron chi connectivity index (χ3n) is 6.86. The van der Waals surface area contributed by atoms with E-state index in [1.165, 1.54) is 6.33 Å². The number of halogens is 3. The van der Waals surface area contributed by atoms with Crippen molar-refractivity contribution in [3.63, 3.8) is 0 Å². The number of hydrogen-bond acceptors (Lipinski definition) is 8. The van der Waals surface area contributed by atoms with E-state index in [0.717, 1.165) is 0 Å². The van der Waals surface area contributed by atoms with Crippen LogP contribution in [0, 0.1) is 0 Å². The van der Waals surface area contributed by atoms with Gasteiger partial charge in [-0.2, -0.15) is 0 Å². The third kappa shape index (κ3) is 5.61. The summed E-state index contributed by atoms with van der Waals surface area (Å²) in [6.07, 6.45) is 1.11. The van der Waals surface area contributed by atoms with E-state index in [2.05, 4.69) is 9.97 Å². The largest absolute Gasteiger partial charge is 0.460 e. The van der Waals surface area contributed by atoms with Gasteiger partial charge in [0.15, 0.2) is 12.0 Å². The SMILES string of the molecule is CC(C)(C)OC(=O)CC[C@@H]1CC(F)(F)CN1C[C@H]1O[C@@H](n2ccc3c(Cl)ncnc32)[C@@H]2OC(C)(C)O[C@@H]21. The van der Waals surface area contributed by atoms with E-state index in [0.29, 0.717) is 16.2 Å². The number of carbonyl (C=O) groups excluding carboxylic acids is 1. The van der Waals surface area contributed by atoms with Crippen LogP contribution in [0.5, 0.6) is 0 Å². The Morgan fingerprint density at radius 2 is 1.97 bits per heavy atom. The van der Waals surface area contributed by atoms with Crippen LogP contribution < -0.4 is 0 Å². The van der Waals surface area contributed by atoms with Crippen molar-refractivity contribution in [1.82, 2.24) is 19.4 Å². The van der Waals surface area contributed by atoms with Crippen molar-refractivity contribution in [3.8, 4) is 0 Å². The van der Waals surface area contributed by atoms with Crippen LogP contribution in [-0.4, -0.2) is 80.2 Å². The lowest BCUT2D eigenvalue weighted by Crippen LogP contribution is -2.42. The highest BCUT2D eigenvalue weighted by Crippen LogP contribution is 2.45. The summed E-state index contributed by atoms with van der Waals surface area (Å²) in [7, 11) is 0. The Bertz CT molecular complexity index is 1170. The van der Waals surface area contributed by atoms with E-state index in [1.807, 2.05) is 18.4 Å². The predicted molar refractivity (Wildman–Crippen MR) is 130 cm³/mol. The molecule has 37 heavy (non-hydrogen) atoms. The second-order valence-electron chi connectivity index (χ2n) is 11.5. The zero-order chi connectivity index (χ0) is 26.8. The summed E-state index contributed by atoms with van der Waals surface area (Å²) in [5.74, 6) is -4.11. The number of rotatable bonds is 6. The number of aromatic nitrogens is 3. The van der Waals surface area contributed by atoms with Gasteiger partial charge < -0.3 is 23.5 Å². The minimum absolute atomic E-state index is 0.0666. The van der Waals surface area contributed by atoms with E-state index >= 15 is 0 Å². The van der Waals surface area contributed by atoms with Crippen molar-refractivity contribution in [2.24, 2.45) is 0 Å². The Labute approximate surface area is 219 Å². The van der Waals surface area contributed by atoms with Crippen LogP contribution in [0.2, 0.25) is 5.15 Å². The van der Waals surface area contributed by atoms with E-state index in [1.54, 1.807) is 37.9 Å². The van der Waals surface area contributed by atoms with Gasteiger partial charge in [0.1, 0.15) is 41.0 Å². The Morgan fingerprint density at radius 3 is 2.70 bits per heavy atom. The van der Waals surface area contributed by atoms with E-state index in [-0.39, 0.29) is 25.8 Å². The average Bonchev–Trinajstić information content (AvgIpc) is 3.47. The van der Waals surface area contributed by atoms with Crippen LogP contribution in [0.4, 0.5) is 8.78 Å². The molecule has 3 saturated heterocycles. The molecule has 2 aromatic heterocycles. The minimum atomic E-state index is -2.85. The summed E-state index contributed by atoms with van der Waals surface area (Å²) in [6.45, 7) is 8.78. The molecule has 5 rings (SSSR count). The highest BCUT2D eigenvalue weighted by Gasteiger charge is 2.57. The molecule has 0 N–H and O–H groups in total. The molecule has 5 atom stereocenters. The fourth-order valence-corrected chi connectivity index (χ4v) is 5.74. The molecule has 12 heteroatoms. The van der Waals surface area contributed by atoms with Gasteiger partial charge in [0.25, 0.3) is 5.92 Å².